The van der Waals surface area contributed by atoms with Crippen LogP contribution in [0.5, 0.6) is 5.88 Å². The third-order valence-corrected chi connectivity index (χ3v) is 3.99. The fourth-order valence-corrected chi connectivity index (χ4v) is 2.63. The first-order valence-corrected chi connectivity index (χ1v) is 8.38. The number of hydrogen-bond acceptors (Lipinski definition) is 6. The van der Waals surface area contributed by atoms with Gasteiger partial charge >= 0.3 is 0 Å². The van der Waals surface area contributed by atoms with Gasteiger partial charge in [-0.25, -0.2) is 4.98 Å². The van der Waals surface area contributed by atoms with Crippen LogP contribution in [-0.2, 0) is 11.3 Å². The van der Waals surface area contributed by atoms with E-state index in [2.05, 4.69) is 21.4 Å². The average molecular weight is 369 g/mol. The van der Waals surface area contributed by atoms with Crippen LogP contribution in [0.1, 0.15) is 11.1 Å². The molecule has 1 N–H and O–H groups in total. The summed E-state index contributed by atoms with van der Waals surface area (Å²) in [5.41, 5.74) is 2.91. The molecule has 0 saturated carbocycles. The predicted octanol–water partition coefficient (Wildman–Crippen LogP) is 3.79. The summed E-state index contributed by atoms with van der Waals surface area (Å²) in [6.45, 7) is 1.47. The van der Waals surface area contributed by atoms with E-state index in [1.54, 1.807) is 37.7 Å². The first kappa shape index (κ1) is 17.9. The van der Waals surface area contributed by atoms with E-state index in [4.69, 9.17) is 21.1 Å². The monoisotopic (exact) mass is 368 g/mol. The van der Waals surface area contributed by atoms with Crippen LogP contribution >= 0.6 is 11.6 Å². The molecule has 7 heteroatoms. The average Bonchev–Trinajstić information content (AvgIpc) is 2.67. The molecule has 1 aromatic carbocycles. The number of nitrogens with zero attached hydrogens (tertiary/aromatic N) is 3. The fourth-order valence-electron chi connectivity index (χ4n) is 2.46. The molecule has 3 aromatic rings. The number of halogens is 1. The van der Waals surface area contributed by atoms with Crippen LogP contribution in [0.2, 0.25) is 5.02 Å². The highest BCUT2D eigenvalue weighted by molar-refractivity contribution is 6.31. The van der Waals surface area contributed by atoms with E-state index in [-0.39, 0.29) is 0 Å². The molecule has 3 rings (SSSR count). The lowest BCUT2D eigenvalue weighted by atomic mass is 10.1. The molecule has 0 fully saturated rings. The number of ether oxygens (including phenoxy) is 2. The summed E-state index contributed by atoms with van der Waals surface area (Å²) in [5, 5.41) is 14.1. The van der Waals surface area contributed by atoms with Crippen molar-refractivity contribution in [2.75, 3.05) is 25.6 Å². The molecule has 0 aliphatic carbocycles. The minimum Gasteiger partial charge on any atom is -0.475 e. The minimum atomic E-state index is 0.455. The molecule has 0 aliphatic rings. The van der Waals surface area contributed by atoms with Crippen LogP contribution in [-0.4, -0.2) is 30.3 Å². The Balaban J connectivity index is 1.77. The molecular weight excluding hydrogens is 352 g/mol. The Kier molecular flexibility index (Phi) is 5.84. The summed E-state index contributed by atoms with van der Waals surface area (Å²) in [7, 11) is 1.62. The standard InChI is InChI=1S/C19H17ClN4O2/c1-25-6-7-26-18-5-2-13(10-23-18)11-24-19-14(9-21)12-22-17-4-3-15(20)8-16(17)19/h2-5,8,10,12H,6-7,11H2,1H3,(H,22,24). The Morgan fingerprint density at radius 2 is 2.04 bits per heavy atom. The molecule has 132 valence electrons. The van der Waals surface area contributed by atoms with Crippen molar-refractivity contribution >= 4 is 28.2 Å². The quantitative estimate of drug-likeness (QED) is 0.639. The summed E-state index contributed by atoms with van der Waals surface area (Å²) in [6.07, 6.45) is 3.29. The second-order valence-electron chi connectivity index (χ2n) is 5.52. The number of aromatic nitrogens is 2. The lowest BCUT2D eigenvalue weighted by molar-refractivity contribution is 0.143. The lowest BCUT2D eigenvalue weighted by Gasteiger charge is -2.12. The largest absolute Gasteiger partial charge is 0.475 e. The van der Waals surface area contributed by atoms with E-state index in [1.807, 2.05) is 12.1 Å². The van der Waals surface area contributed by atoms with Gasteiger partial charge in [-0.3, -0.25) is 4.98 Å². The molecular formula is C19H17ClN4O2. The zero-order valence-corrected chi connectivity index (χ0v) is 15.0. The zero-order valence-electron chi connectivity index (χ0n) is 14.2. The van der Waals surface area contributed by atoms with Gasteiger partial charge in [0.25, 0.3) is 0 Å². The van der Waals surface area contributed by atoms with Crippen molar-refractivity contribution in [1.82, 2.24) is 9.97 Å². The Hall–Kier alpha value is -2.88. The predicted molar refractivity (Wildman–Crippen MR) is 100 cm³/mol. The summed E-state index contributed by atoms with van der Waals surface area (Å²) < 4.78 is 10.4. The van der Waals surface area contributed by atoms with Crippen molar-refractivity contribution < 1.29 is 9.47 Å². The van der Waals surface area contributed by atoms with Gasteiger partial charge in [-0.15, -0.1) is 0 Å². The van der Waals surface area contributed by atoms with Crippen molar-refractivity contribution in [3.63, 3.8) is 0 Å². The number of fused-ring (bicyclic) bond motifs is 1. The Morgan fingerprint density at radius 1 is 1.15 bits per heavy atom. The second kappa shape index (κ2) is 8.48. The molecule has 2 aromatic heterocycles. The molecule has 0 unspecified atom stereocenters. The molecule has 0 atom stereocenters. The first-order valence-electron chi connectivity index (χ1n) is 8.00. The fraction of sp³-hybridized carbons (Fsp3) is 0.211. The highest BCUT2D eigenvalue weighted by atomic mass is 35.5. The van der Waals surface area contributed by atoms with Gasteiger partial charge < -0.3 is 14.8 Å². The molecule has 6 nitrogen and oxygen atoms in total. The third-order valence-electron chi connectivity index (χ3n) is 3.75. The number of pyridine rings is 2. The molecule has 0 radical (unpaired) electrons. The van der Waals surface area contributed by atoms with E-state index in [9.17, 15) is 5.26 Å². The van der Waals surface area contributed by atoms with E-state index in [1.165, 1.54) is 0 Å². The van der Waals surface area contributed by atoms with Gasteiger partial charge in [0.05, 0.1) is 23.4 Å². The van der Waals surface area contributed by atoms with Crippen LogP contribution in [0.4, 0.5) is 5.69 Å². The molecule has 0 amide bonds. The summed E-state index contributed by atoms with van der Waals surface area (Å²) in [6, 6.07) is 11.3. The lowest BCUT2D eigenvalue weighted by Crippen LogP contribution is -2.06. The third kappa shape index (κ3) is 4.20. The smallest absolute Gasteiger partial charge is 0.213 e. The van der Waals surface area contributed by atoms with Gasteiger partial charge in [0.2, 0.25) is 5.88 Å². The molecule has 0 aliphatic heterocycles. The summed E-state index contributed by atoms with van der Waals surface area (Å²) >= 11 is 6.10. The number of rotatable bonds is 7. The maximum atomic E-state index is 9.38. The van der Waals surface area contributed by atoms with Crippen LogP contribution in [0.25, 0.3) is 10.9 Å². The first-order chi connectivity index (χ1) is 12.7. The van der Waals surface area contributed by atoms with Gasteiger partial charge in [0, 0.05) is 42.5 Å². The SMILES string of the molecule is COCCOc1ccc(CNc2c(C#N)cnc3ccc(Cl)cc23)cn1. The number of methoxy groups -OCH3 is 1. The van der Waals surface area contributed by atoms with Gasteiger partial charge in [-0.05, 0) is 23.8 Å². The van der Waals surface area contributed by atoms with E-state index in [0.29, 0.717) is 41.9 Å². The summed E-state index contributed by atoms with van der Waals surface area (Å²) in [5.74, 6) is 0.546. The van der Waals surface area contributed by atoms with Crippen molar-refractivity contribution in [3.05, 3.63) is 58.9 Å². The van der Waals surface area contributed by atoms with E-state index >= 15 is 0 Å². The zero-order chi connectivity index (χ0) is 18.4. The van der Waals surface area contributed by atoms with E-state index in [0.717, 1.165) is 16.5 Å². The highest BCUT2D eigenvalue weighted by Crippen LogP contribution is 2.28. The maximum Gasteiger partial charge on any atom is 0.213 e. The molecule has 26 heavy (non-hydrogen) atoms. The van der Waals surface area contributed by atoms with Crippen LogP contribution in [0, 0.1) is 11.3 Å². The minimum absolute atomic E-state index is 0.455. The molecule has 0 spiro atoms. The number of nitrogens with one attached hydrogen (secondary N) is 1. The van der Waals surface area contributed by atoms with Gasteiger partial charge in [0.1, 0.15) is 12.7 Å². The van der Waals surface area contributed by atoms with Crippen molar-refractivity contribution in [2.45, 2.75) is 6.54 Å². The van der Waals surface area contributed by atoms with Crippen LogP contribution in [0.15, 0.2) is 42.7 Å². The Bertz CT molecular complexity index is 939. The van der Waals surface area contributed by atoms with Crippen molar-refractivity contribution in [2.24, 2.45) is 0 Å². The van der Waals surface area contributed by atoms with Gasteiger partial charge in [0.15, 0.2) is 0 Å². The van der Waals surface area contributed by atoms with E-state index < -0.39 is 0 Å². The topological polar surface area (TPSA) is 80.1 Å². The van der Waals surface area contributed by atoms with Gasteiger partial charge in [-0.1, -0.05) is 17.7 Å². The van der Waals surface area contributed by atoms with Crippen molar-refractivity contribution in [1.29, 1.82) is 5.26 Å². The Morgan fingerprint density at radius 3 is 2.77 bits per heavy atom. The highest BCUT2D eigenvalue weighted by Gasteiger charge is 2.09. The molecule has 0 bridgehead atoms. The normalized spacial score (nSPS) is 10.5. The second-order valence-corrected chi connectivity index (χ2v) is 5.96. The van der Waals surface area contributed by atoms with Crippen LogP contribution < -0.4 is 10.1 Å². The number of anilines is 1. The number of benzene rings is 1. The number of nitriles is 1. The molecule has 0 saturated heterocycles. The van der Waals surface area contributed by atoms with Gasteiger partial charge in [-0.2, -0.15) is 5.26 Å². The Labute approximate surface area is 156 Å². The number of hydrogen-bond donors (Lipinski definition) is 1. The van der Waals surface area contributed by atoms with Crippen LogP contribution in [0.3, 0.4) is 0 Å². The maximum absolute atomic E-state index is 9.38. The molecule has 2 heterocycles. The summed E-state index contributed by atoms with van der Waals surface area (Å²) in [4.78, 5) is 8.56. The van der Waals surface area contributed by atoms with Crippen molar-refractivity contribution in [3.8, 4) is 11.9 Å².